The van der Waals surface area contributed by atoms with Crippen molar-refractivity contribution in [2.75, 3.05) is 26.2 Å². The molecule has 1 aliphatic heterocycles. The lowest BCUT2D eigenvalue weighted by Crippen LogP contribution is -2.48. The highest BCUT2D eigenvalue weighted by molar-refractivity contribution is 5.94. The van der Waals surface area contributed by atoms with Gasteiger partial charge in [-0.3, -0.25) is 9.69 Å². The Labute approximate surface area is 143 Å². The Morgan fingerprint density at radius 2 is 1.67 bits per heavy atom. The smallest absolute Gasteiger partial charge is 0.253 e. The number of nitrogens with zero attached hydrogens (tertiary/aromatic N) is 2. The lowest BCUT2D eigenvalue weighted by atomic mass is 10.1. The number of carbonyl (C=O) groups is 1. The van der Waals surface area contributed by atoms with Gasteiger partial charge in [0.1, 0.15) is 0 Å². The second-order valence-corrected chi connectivity index (χ2v) is 6.40. The third kappa shape index (κ3) is 3.83. The van der Waals surface area contributed by atoms with Gasteiger partial charge in [0.05, 0.1) is 0 Å². The minimum absolute atomic E-state index is 0.120. The van der Waals surface area contributed by atoms with Crippen molar-refractivity contribution in [3.63, 3.8) is 0 Å². The molecule has 0 saturated carbocycles. The van der Waals surface area contributed by atoms with Crippen molar-refractivity contribution in [3.05, 3.63) is 70.8 Å². The molecular weight excluding hydrogens is 298 g/mol. The molecule has 24 heavy (non-hydrogen) atoms. The molecule has 0 aliphatic carbocycles. The van der Waals surface area contributed by atoms with Gasteiger partial charge in [0, 0.05) is 44.8 Å². The molecule has 0 radical (unpaired) electrons. The fourth-order valence-electron chi connectivity index (χ4n) is 3.10. The molecular formula is C20H25N3O. The summed E-state index contributed by atoms with van der Waals surface area (Å²) >= 11 is 0. The van der Waals surface area contributed by atoms with Crippen LogP contribution in [0.4, 0.5) is 0 Å². The summed E-state index contributed by atoms with van der Waals surface area (Å²) in [4.78, 5) is 17.0. The van der Waals surface area contributed by atoms with Crippen LogP contribution in [0.3, 0.4) is 0 Å². The average molecular weight is 323 g/mol. The molecule has 2 aromatic carbocycles. The standard InChI is InChI=1S/C20H25N3O/c1-16-4-2-3-5-19(16)15-22-10-12-23(13-11-22)20(24)18-8-6-17(14-21)7-9-18/h2-9H,10-15,21H2,1H3. The van der Waals surface area contributed by atoms with Gasteiger partial charge in [0.25, 0.3) is 5.91 Å². The van der Waals surface area contributed by atoms with Gasteiger partial charge < -0.3 is 10.6 Å². The van der Waals surface area contributed by atoms with Gasteiger partial charge in [0.15, 0.2) is 0 Å². The third-order valence-corrected chi connectivity index (χ3v) is 4.75. The first-order chi connectivity index (χ1) is 11.7. The lowest BCUT2D eigenvalue weighted by molar-refractivity contribution is 0.0628. The summed E-state index contributed by atoms with van der Waals surface area (Å²) in [5.74, 6) is 0.120. The zero-order chi connectivity index (χ0) is 16.9. The summed E-state index contributed by atoms with van der Waals surface area (Å²) in [6.45, 7) is 7.01. The number of piperazine rings is 1. The molecule has 0 atom stereocenters. The zero-order valence-electron chi connectivity index (χ0n) is 14.2. The summed E-state index contributed by atoms with van der Waals surface area (Å²) in [6, 6.07) is 16.1. The minimum atomic E-state index is 0.120. The molecule has 0 spiro atoms. The van der Waals surface area contributed by atoms with Crippen LogP contribution in [0.15, 0.2) is 48.5 Å². The second kappa shape index (κ2) is 7.60. The molecule has 3 rings (SSSR count). The Kier molecular flexibility index (Phi) is 5.28. The maximum atomic E-state index is 12.6. The van der Waals surface area contributed by atoms with Crippen LogP contribution in [0.25, 0.3) is 0 Å². The number of carbonyl (C=O) groups excluding carboxylic acids is 1. The predicted molar refractivity (Wildman–Crippen MR) is 96.7 cm³/mol. The molecule has 1 amide bonds. The number of nitrogens with two attached hydrogens (primary N) is 1. The fraction of sp³-hybridized carbons (Fsp3) is 0.350. The second-order valence-electron chi connectivity index (χ2n) is 6.40. The van der Waals surface area contributed by atoms with Crippen LogP contribution in [-0.2, 0) is 13.1 Å². The lowest BCUT2D eigenvalue weighted by Gasteiger charge is -2.35. The Bertz CT molecular complexity index is 688. The molecule has 0 bridgehead atoms. The van der Waals surface area contributed by atoms with Crippen LogP contribution in [0.2, 0.25) is 0 Å². The van der Waals surface area contributed by atoms with Crippen molar-refractivity contribution >= 4 is 5.91 Å². The summed E-state index contributed by atoms with van der Waals surface area (Å²) in [5.41, 5.74) is 10.1. The SMILES string of the molecule is Cc1ccccc1CN1CCN(C(=O)c2ccc(CN)cc2)CC1. The van der Waals surface area contributed by atoms with Gasteiger partial charge >= 0.3 is 0 Å². The van der Waals surface area contributed by atoms with E-state index in [4.69, 9.17) is 5.73 Å². The van der Waals surface area contributed by atoms with E-state index in [2.05, 4.69) is 36.1 Å². The molecule has 4 heteroatoms. The van der Waals surface area contributed by atoms with Gasteiger partial charge in [-0.1, -0.05) is 36.4 Å². The van der Waals surface area contributed by atoms with E-state index in [1.165, 1.54) is 11.1 Å². The van der Waals surface area contributed by atoms with E-state index in [9.17, 15) is 4.79 Å². The first-order valence-electron chi connectivity index (χ1n) is 8.52. The van der Waals surface area contributed by atoms with Crippen LogP contribution < -0.4 is 5.73 Å². The maximum Gasteiger partial charge on any atom is 0.253 e. The van der Waals surface area contributed by atoms with Crippen molar-refractivity contribution in [1.29, 1.82) is 0 Å². The summed E-state index contributed by atoms with van der Waals surface area (Å²) in [5, 5.41) is 0. The van der Waals surface area contributed by atoms with Crippen LogP contribution in [0, 0.1) is 6.92 Å². The number of benzene rings is 2. The van der Waals surface area contributed by atoms with E-state index in [0.717, 1.165) is 43.9 Å². The minimum Gasteiger partial charge on any atom is -0.336 e. The van der Waals surface area contributed by atoms with Gasteiger partial charge in [-0.25, -0.2) is 0 Å². The van der Waals surface area contributed by atoms with Crippen LogP contribution in [0.5, 0.6) is 0 Å². The van der Waals surface area contributed by atoms with Crippen molar-refractivity contribution in [1.82, 2.24) is 9.80 Å². The van der Waals surface area contributed by atoms with E-state index in [0.29, 0.717) is 6.54 Å². The highest BCUT2D eigenvalue weighted by Crippen LogP contribution is 2.14. The third-order valence-electron chi connectivity index (χ3n) is 4.75. The van der Waals surface area contributed by atoms with Crippen molar-refractivity contribution < 1.29 is 4.79 Å². The largest absolute Gasteiger partial charge is 0.336 e. The average Bonchev–Trinajstić information content (AvgIpc) is 2.64. The van der Waals surface area contributed by atoms with Crippen LogP contribution in [0.1, 0.15) is 27.0 Å². The first-order valence-corrected chi connectivity index (χ1v) is 8.52. The molecule has 126 valence electrons. The van der Waals surface area contributed by atoms with Crippen LogP contribution >= 0.6 is 0 Å². The normalized spacial score (nSPS) is 15.5. The number of hydrogen-bond donors (Lipinski definition) is 1. The van der Waals surface area contributed by atoms with E-state index in [1.54, 1.807) is 0 Å². The summed E-state index contributed by atoms with van der Waals surface area (Å²) < 4.78 is 0. The predicted octanol–water partition coefficient (Wildman–Crippen LogP) is 2.41. The Balaban J connectivity index is 1.56. The summed E-state index contributed by atoms with van der Waals surface area (Å²) in [7, 11) is 0. The van der Waals surface area contributed by atoms with E-state index in [1.807, 2.05) is 29.2 Å². The molecule has 1 saturated heterocycles. The van der Waals surface area contributed by atoms with Gasteiger partial charge in [-0.2, -0.15) is 0 Å². The van der Waals surface area contributed by atoms with Crippen molar-refractivity contribution in [3.8, 4) is 0 Å². The molecule has 0 unspecified atom stereocenters. The molecule has 0 aromatic heterocycles. The highest BCUT2D eigenvalue weighted by Gasteiger charge is 2.22. The van der Waals surface area contributed by atoms with Crippen molar-refractivity contribution in [2.45, 2.75) is 20.0 Å². The maximum absolute atomic E-state index is 12.6. The van der Waals surface area contributed by atoms with Crippen LogP contribution in [-0.4, -0.2) is 41.9 Å². The number of hydrogen-bond acceptors (Lipinski definition) is 3. The molecule has 2 N–H and O–H groups in total. The Morgan fingerprint density at radius 1 is 1.00 bits per heavy atom. The van der Waals surface area contributed by atoms with Crippen molar-refractivity contribution in [2.24, 2.45) is 5.73 Å². The Hall–Kier alpha value is -2.17. The molecule has 1 aliphatic rings. The van der Waals surface area contributed by atoms with Gasteiger partial charge in [0.2, 0.25) is 0 Å². The Morgan fingerprint density at radius 3 is 2.29 bits per heavy atom. The van der Waals surface area contributed by atoms with E-state index in [-0.39, 0.29) is 5.91 Å². The molecule has 4 nitrogen and oxygen atoms in total. The first kappa shape index (κ1) is 16.7. The topological polar surface area (TPSA) is 49.6 Å². The van der Waals surface area contributed by atoms with Gasteiger partial charge in [-0.15, -0.1) is 0 Å². The summed E-state index contributed by atoms with van der Waals surface area (Å²) in [6.07, 6.45) is 0. The molecule has 1 fully saturated rings. The highest BCUT2D eigenvalue weighted by atomic mass is 16.2. The number of amides is 1. The number of aryl methyl sites for hydroxylation is 1. The quantitative estimate of drug-likeness (QED) is 0.940. The monoisotopic (exact) mass is 323 g/mol. The fourth-order valence-corrected chi connectivity index (χ4v) is 3.10. The molecule has 1 heterocycles. The molecule has 2 aromatic rings. The van der Waals surface area contributed by atoms with E-state index < -0.39 is 0 Å². The van der Waals surface area contributed by atoms with E-state index >= 15 is 0 Å². The number of rotatable bonds is 4. The van der Waals surface area contributed by atoms with Gasteiger partial charge in [-0.05, 0) is 35.7 Å². The zero-order valence-corrected chi connectivity index (χ0v) is 14.2.